The van der Waals surface area contributed by atoms with Crippen LogP contribution in [0.2, 0.25) is 0 Å². The lowest BCUT2D eigenvalue weighted by Crippen LogP contribution is -2.19. The minimum atomic E-state index is -4.66. The first kappa shape index (κ1) is 28.7. The predicted molar refractivity (Wildman–Crippen MR) is 144 cm³/mol. The highest BCUT2D eigenvalue weighted by atomic mass is 32.2. The van der Waals surface area contributed by atoms with Gasteiger partial charge in [-0.05, 0) is 68.3 Å². The van der Waals surface area contributed by atoms with Crippen LogP contribution in [0.25, 0.3) is 5.57 Å². The Morgan fingerprint density at radius 1 is 1.11 bits per heavy atom. The summed E-state index contributed by atoms with van der Waals surface area (Å²) in [6.45, 7) is 6.60. The molecular weight excluding hydrogens is 515 g/mol. The molecule has 3 aromatic rings. The van der Waals surface area contributed by atoms with E-state index in [4.69, 9.17) is 5.41 Å². The van der Waals surface area contributed by atoms with E-state index in [9.17, 15) is 17.2 Å². The number of allylic oxidation sites excluding steroid dienone is 1. The Bertz CT molecular complexity index is 1440. The zero-order valence-electron chi connectivity index (χ0n) is 21.3. The second-order valence-corrected chi connectivity index (χ2v) is 10.5. The summed E-state index contributed by atoms with van der Waals surface area (Å²) < 4.78 is 70.7. The van der Waals surface area contributed by atoms with Crippen LogP contribution in [-0.4, -0.2) is 31.7 Å². The maximum atomic E-state index is 15.6. The average Bonchev–Trinajstić information content (AvgIpc) is 2.87. The summed E-state index contributed by atoms with van der Waals surface area (Å²) in [7, 11) is -4.66. The van der Waals surface area contributed by atoms with E-state index in [-0.39, 0.29) is 17.3 Å². The molecule has 7 nitrogen and oxygen atoms in total. The molecule has 0 saturated carbocycles. The lowest BCUT2D eigenvalue weighted by Gasteiger charge is -2.16. The van der Waals surface area contributed by atoms with E-state index < -0.39 is 38.1 Å². The SMILES string of the molecule is CCCCNc1cc(/C(=C/NC(C)C)C(=N)c2cccc(NS(=O)(=O)c3cc(F)ccc3F)c2F)ccn1. The molecule has 0 spiro atoms. The fourth-order valence-corrected chi connectivity index (χ4v) is 4.62. The third-order valence-corrected chi connectivity index (χ3v) is 6.81. The lowest BCUT2D eigenvalue weighted by molar-refractivity contribution is 0.555. The van der Waals surface area contributed by atoms with E-state index in [1.807, 2.05) is 18.6 Å². The normalized spacial score (nSPS) is 11.9. The van der Waals surface area contributed by atoms with Crippen LogP contribution >= 0.6 is 0 Å². The van der Waals surface area contributed by atoms with Gasteiger partial charge in [-0.3, -0.25) is 10.1 Å². The highest BCUT2D eigenvalue weighted by Crippen LogP contribution is 2.28. The van der Waals surface area contributed by atoms with Gasteiger partial charge in [0.1, 0.15) is 22.3 Å². The van der Waals surface area contributed by atoms with Crippen molar-refractivity contribution < 1.29 is 21.6 Å². The Morgan fingerprint density at radius 2 is 1.87 bits per heavy atom. The van der Waals surface area contributed by atoms with Crippen molar-refractivity contribution in [3.8, 4) is 0 Å². The predicted octanol–water partition coefficient (Wildman–Crippen LogP) is 5.92. The van der Waals surface area contributed by atoms with Gasteiger partial charge in [-0.15, -0.1) is 0 Å². The van der Waals surface area contributed by atoms with E-state index in [0.29, 0.717) is 29.1 Å². The van der Waals surface area contributed by atoms with Gasteiger partial charge in [-0.2, -0.15) is 0 Å². The fraction of sp³-hybridized carbons (Fsp3) is 0.259. The quantitative estimate of drug-likeness (QED) is 0.167. The summed E-state index contributed by atoms with van der Waals surface area (Å²) in [4.78, 5) is 3.34. The van der Waals surface area contributed by atoms with Crippen LogP contribution in [-0.2, 0) is 10.0 Å². The Balaban J connectivity index is 1.99. The van der Waals surface area contributed by atoms with Crippen molar-refractivity contribution in [3.05, 3.63) is 89.5 Å². The summed E-state index contributed by atoms with van der Waals surface area (Å²) in [5.41, 5.74) is 0.00110. The van der Waals surface area contributed by atoms with Gasteiger partial charge in [0.25, 0.3) is 10.0 Å². The number of hydrogen-bond acceptors (Lipinski definition) is 6. The number of halogens is 3. The first-order valence-corrected chi connectivity index (χ1v) is 13.5. The van der Waals surface area contributed by atoms with Crippen molar-refractivity contribution >= 4 is 32.8 Å². The molecule has 0 aliphatic heterocycles. The van der Waals surface area contributed by atoms with Crippen molar-refractivity contribution in [1.82, 2.24) is 10.3 Å². The van der Waals surface area contributed by atoms with Crippen molar-refractivity contribution in [2.75, 3.05) is 16.6 Å². The van der Waals surface area contributed by atoms with E-state index in [2.05, 4.69) is 22.5 Å². The molecule has 0 aliphatic carbocycles. The number of nitrogens with one attached hydrogen (secondary N) is 4. The largest absolute Gasteiger partial charge is 0.388 e. The maximum absolute atomic E-state index is 15.6. The molecule has 0 radical (unpaired) electrons. The van der Waals surface area contributed by atoms with Crippen molar-refractivity contribution in [1.29, 1.82) is 5.41 Å². The van der Waals surface area contributed by atoms with Crippen LogP contribution < -0.4 is 15.4 Å². The number of unbranched alkanes of at least 4 members (excludes halogenated alkanes) is 1. The third-order valence-electron chi connectivity index (χ3n) is 5.43. The monoisotopic (exact) mass is 545 g/mol. The molecule has 0 amide bonds. The number of nitrogens with zero attached hydrogens (tertiary/aromatic N) is 1. The van der Waals surface area contributed by atoms with Crippen molar-refractivity contribution in [2.24, 2.45) is 0 Å². The van der Waals surface area contributed by atoms with Gasteiger partial charge in [0.2, 0.25) is 0 Å². The summed E-state index contributed by atoms with van der Waals surface area (Å²) >= 11 is 0. The van der Waals surface area contributed by atoms with Gasteiger partial charge in [-0.25, -0.2) is 26.6 Å². The summed E-state index contributed by atoms with van der Waals surface area (Å²) in [6.07, 6.45) is 5.13. The molecule has 0 fully saturated rings. The van der Waals surface area contributed by atoms with Crippen molar-refractivity contribution in [2.45, 2.75) is 44.6 Å². The van der Waals surface area contributed by atoms with Gasteiger partial charge in [0.05, 0.1) is 11.4 Å². The fourth-order valence-electron chi connectivity index (χ4n) is 3.47. The maximum Gasteiger partial charge on any atom is 0.265 e. The number of benzene rings is 2. The lowest BCUT2D eigenvalue weighted by atomic mass is 9.96. The van der Waals surface area contributed by atoms with Crippen LogP contribution in [0.4, 0.5) is 24.7 Å². The first-order chi connectivity index (χ1) is 18.0. The Kier molecular flexibility index (Phi) is 9.51. The minimum Gasteiger partial charge on any atom is -0.388 e. The van der Waals surface area contributed by atoms with Gasteiger partial charge >= 0.3 is 0 Å². The zero-order chi connectivity index (χ0) is 27.9. The smallest absolute Gasteiger partial charge is 0.265 e. The molecule has 2 aromatic carbocycles. The van der Waals surface area contributed by atoms with Crippen LogP contribution in [0, 0.1) is 22.9 Å². The topological polar surface area (TPSA) is 107 Å². The molecule has 0 bridgehead atoms. The molecule has 11 heteroatoms. The molecule has 0 aliphatic rings. The van der Waals surface area contributed by atoms with Gasteiger partial charge in [0, 0.05) is 36.1 Å². The molecular formula is C27H30F3N5O2S. The second kappa shape index (κ2) is 12.6. The molecule has 0 saturated heterocycles. The average molecular weight is 546 g/mol. The first-order valence-electron chi connectivity index (χ1n) is 12.1. The van der Waals surface area contributed by atoms with Crippen LogP contribution in [0.5, 0.6) is 0 Å². The van der Waals surface area contributed by atoms with E-state index in [1.165, 1.54) is 12.1 Å². The molecule has 4 N–H and O–H groups in total. The molecule has 0 atom stereocenters. The number of sulfonamides is 1. The Morgan fingerprint density at radius 3 is 2.58 bits per heavy atom. The van der Waals surface area contributed by atoms with Crippen LogP contribution in [0.3, 0.4) is 0 Å². The van der Waals surface area contributed by atoms with Gasteiger partial charge in [0.15, 0.2) is 5.82 Å². The highest BCUT2D eigenvalue weighted by Gasteiger charge is 2.24. The van der Waals surface area contributed by atoms with Crippen molar-refractivity contribution in [3.63, 3.8) is 0 Å². The number of rotatable bonds is 12. The molecule has 38 heavy (non-hydrogen) atoms. The minimum absolute atomic E-state index is 0.0194. The van der Waals surface area contributed by atoms with Crippen LogP contribution in [0.1, 0.15) is 44.7 Å². The zero-order valence-corrected chi connectivity index (χ0v) is 22.1. The summed E-state index contributed by atoms with van der Waals surface area (Å²) in [5, 5.41) is 15.2. The van der Waals surface area contributed by atoms with E-state index in [0.717, 1.165) is 31.5 Å². The Labute approximate surface area is 220 Å². The standard InChI is InChI=1S/C27H30F3N5O2S/c1-4-5-12-32-25-14-18(11-13-33-25)21(16-34-17(2)3)27(31)20-7-6-8-23(26(20)30)35-38(36,37)24-15-19(28)9-10-22(24)29/h6-11,13-17,31,34-35H,4-5,12H2,1-3H3,(H,32,33)/b21-16-,31-27?. The highest BCUT2D eigenvalue weighted by molar-refractivity contribution is 7.92. The molecule has 0 unspecified atom stereocenters. The summed E-state index contributed by atoms with van der Waals surface area (Å²) in [5.74, 6) is -2.59. The van der Waals surface area contributed by atoms with E-state index >= 15 is 4.39 Å². The molecule has 3 rings (SSSR count). The summed E-state index contributed by atoms with van der Waals surface area (Å²) in [6, 6.07) is 9.25. The van der Waals surface area contributed by atoms with E-state index in [1.54, 1.807) is 24.5 Å². The number of aromatic nitrogens is 1. The van der Waals surface area contributed by atoms with Crippen LogP contribution in [0.15, 0.2) is 65.8 Å². The molecule has 202 valence electrons. The third kappa shape index (κ3) is 7.12. The Hall–Kier alpha value is -3.86. The number of hydrogen-bond donors (Lipinski definition) is 4. The number of anilines is 2. The second-order valence-electron chi connectivity index (χ2n) is 8.81. The van der Waals surface area contributed by atoms with Gasteiger partial charge in [-0.1, -0.05) is 19.4 Å². The molecule has 1 heterocycles. The molecule has 1 aromatic heterocycles. The van der Waals surface area contributed by atoms with Gasteiger partial charge < -0.3 is 10.6 Å². The number of pyridine rings is 1.